The number of hydrogen-bond acceptors (Lipinski definition) is 4. The summed E-state index contributed by atoms with van der Waals surface area (Å²) in [5.74, 6) is 0.0670. The van der Waals surface area contributed by atoms with E-state index in [0.29, 0.717) is 35.2 Å². The number of anilines is 1. The summed E-state index contributed by atoms with van der Waals surface area (Å²) in [6.07, 6.45) is 3.26. The Bertz CT molecular complexity index is 1110. The van der Waals surface area contributed by atoms with Crippen molar-refractivity contribution < 1.29 is 9.59 Å². The Balaban J connectivity index is 1.54. The van der Waals surface area contributed by atoms with E-state index in [2.05, 4.69) is 10.6 Å². The highest BCUT2D eigenvalue weighted by molar-refractivity contribution is 6.03. The molecule has 4 N–H and O–H groups in total. The number of primary amides is 1. The summed E-state index contributed by atoms with van der Waals surface area (Å²) in [5, 5.41) is 10.8. The number of carbonyl (C=O) groups is 2. The standard InChI is InChI=1S/C24H27N5O2/c1-15-6-3-4-9-19(15)24(31)27-14-16-10-12-17(13-11-16)21-20(22(25)30)23(26-2)29(28-21)18-7-5-8-18/h3-4,6,9-13,18,26H,5,7-8,14H2,1-2H3,(H2,25,30)(H,27,31). The number of carbonyl (C=O) groups excluding carboxylic acids is 2. The van der Waals surface area contributed by atoms with E-state index in [-0.39, 0.29) is 5.91 Å². The van der Waals surface area contributed by atoms with Gasteiger partial charge in [-0.05, 0) is 43.4 Å². The van der Waals surface area contributed by atoms with Crippen LogP contribution in [0, 0.1) is 6.92 Å². The summed E-state index contributed by atoms with van der Waals surface area (Å²) in [6, 6.07) is 15.5. The number of nitrogens with two attached hydrogens (primary N) is 1. The second kappa shape index (κ2) is 8.63. The Kier molecular flexibility index (Phi) is 5.75. The predicted molar refractivity (Wildman–Crippen MR) is 121 cm³/mol. The Hall–Kier alpha value is -3.61. The fourth-order valence-corrected chi connectivity index (χ4v) is 3.89. The summed E-state index contributed by atoms with van der Waals surface area (Å²) >= 11 is 0. The van der Waals surface area contributed by atoms with Crippen molar-refractivity contribution >= 4 is 17.6 Å². The average molecular weight is 418 g/mol. The highest BCUT2D eigenvalue weighted by Gasteiger charge is 2.29. The molecule has 2 amide bonds. The molecule has 0 spiro atoms. The Labute approximate surface area is 181 Å². The molecule has 1 aliphatic carbocycles. The van der Waals surface area contributed by atoms with Crippen molar-refractivity contribution in [3.05, 3.63) is 70.8 Å². The maximum Gasteiger partial charge on any atom is 0.254 e. The molecule has 0 atom stereocenters. The van der Waals surface area contributed by atoms with Crippen molar-refractivity contribution in [1.82, 2.24) is 15.1 Å². The summed E-state index contributed by atoms with van der Waals surface area (Å²) in [5.41, 5.74) is 10.1. The van der Waals surface area contributed by atoms with Gasteiger partial charge < -0.3 is 16.4 Å². The van der Waals surface area contributed by atoms with E-state index in [0.717, 1.165) is 36.0 Å². The minimum Gasteiger partial charge on any atom is -0.373 e. The van der Waals surface area contributed by atoms with Crippen LogP contribution in [-0.4, -0.2) is 28.6 Å². The van der Waals surface area contributed by atoms with Crippen LogP contribution < -0.4 is 16.4 Å². The first-order chi connectivity index (χ1) is 15.0. The Morgan fingerprint density at radius 1 is 1.13 bits per heavy atom. The number of amides is 2. The second-order valence-electron chi connectivity index (χ2n) is 7.91. The van der Waals surface area contributed by atoms with Gasteiger partial charge in [0.25, 0.3) is 11.8 Å². The topological polar surface area (TPSA) is 102 Å². The largest absolute Gasteiger partial charge is 0.373 e. The zero-order valence-corrected chi connectivity index (χ0v) is 17.8. The molecular formula is C24H27N5O2. The molecule has 7 heteroatoms. The normalized spacial score (nSPS) is 13.5. The number of rotatable bonds is 7. The molecule has 1 saturated carbocycles. The van der Waals surface area contributed by atoms with Crippen LogP contribution in [0.4, 0.5) is 5.82 Å². The summed E-state index contributed by atoms with van der Waals surface area (Å²) in [6.45, 7) is 2.33. The minimum atomic E-state index is -0.500. The van der Waals surface area contributed by atoms with Gasteiger partial charge in [0.2, 0.25) is 0 Å². The molecule has 7 nitrogen and oxygen atoms in total. The van der Waals surface area contributed by atoms with Gasteiger partial charge in [0.15, 0.2) is 0 Å². The van der Waals surface area contributed by atoms with Crippen molar-refractivity contribution in [2.75, 3.05) is 12.4 Å². The van der Waals surface area contributed by atoms with Crippen LogP contribution >= 0.6 is 0 Å². The zero-order chi connectivity index (χ0) is 22.0. The molecule has 0 radical (unpaired) electrons. The molecule has 2 aromatic carbocycles. The third kappa shape index (κ3) is 4.03. The van der Waals surface area contributed by atoms with Crippen molar-refractivity contribution in [3.63, 3.8) is 0 Å². The third-order valence-electron chi connectivity index (χ3n) is 5.88. The maximum atomic E-state index is 12.4. The lowest BCUT2D eigenvalue weighted by molar-refractivity contribution is 0.0949. The van der Waals surface area contributed by atoms with Gasteiger partial charge in [-0.25, -0.2) is 4.68 Å². The fourth-order valence-electron chi connectivity index (χ4n) is 3.89. The van der Waals surface area contributed by atoms with Gasteiger partial charge in [0.1, 0.15) is 17.1 Å². The zero-order valence-electron chi connectivity index (χ0n) is 17.8. The first kappa shape index (κ1) is 20.7. The van der Waals surface area contributed by atoms with Crippen LogP contribution in [0.15, 0.2) is 48.5 Å². The minimum absolute atomic E-state index is 0.101. The van der Waals surface area contributed by atoms with Crippen LogP contribution in [-0.2, 0) is 6.54 Å². The molecule has 160 valence electrons. The van der Waals surface area contributed by atoms with Crippen LogP contribution in [0.3, 0.4) is 0 Å². The van der Waals surface area contributed by atoms with Gasteiger partial charge in [-0.3, -0.25) is 9.59 Å². The van der Waals surface area contributed by atoms with Crippen molar-refractivity contribution in [2.45, 2.75) is 38.8 Å². The van der Waals surface area contributed by atoms with Crippen molar-refractivity contribution in [1.29, 1.82) is 0 Å². The molecule has 3 aromatic rings. The highest BCUT2D eigenvalue weighted by Crippen LogP contribution is 2.38. The predicted octanol–water partition coefficient (Wildman–Crippen LogP) is 3.65. The summed E-state index contributed by atoms with van der Waals surface area (Å²) in [4.78, 5) is 24.6. The van der Waals surface area contributed by atoms with Gasteiger partial charge in [-0.1, -0.05) is 42.5 Å². The summed E-state index contributed by atoms with van der Waals surface area (Å²) < 4.78 is 1.90. The van der Waals surface area contributed by atoms with E-state index in [1.54, 1.807) is 7.05 Å². The van der Waals surface area contributed by atoms with Gasteiger partial charge >= 0.3 is 0 Å². The molecule has 1 aliphatic rings. The lowest BCUT2D eigenvalue weighted by Gasteiger charge is -2.27. The Morgan fingerprint density at radius 3 is 2.42 bits per heavy atom. The molecule has 0 aliphatic heterocycles. The fraction of sp³-hybridized carbons (Fsp3) is 0.292. The Morgan fingerprint density at radius 2 is 1.84 bits per heavy atom. The molecule has 1 fully saturated rings. The number of nitrogens with zero attached hydrogens (tertiary/aromatic N) is 2. The second-order valence-corrected chi connectivity index (χ2v) is 7.91. The molecule has 0 unspecified atom stereocenters. The summed E-state index contributed by atoms with van der Waals surface area (Å²) in [7, 11) is 1.78. The van der Waals surface area contributed by atoms with Crippen LogP contribution in [0.1, 0.15) is 57.1 Å². The van der Waals surface area contributed by atoms with E-state index in [4.69, 9.17) is 10.8 Å². The average Bonchev–Trinajstić information content (AvgIpc) is 3.10. The molecule has 0 saturated heterocycles. The maximum absolute atomic E-state index is 12.4. The number of aryl methyl sites for hydroxylation is 1. The molecule has 4 rings (SSSR count). The lowest BCUT2D eigenvalue weighted by Crippen LogP contribution is -2.23. The van der Waals surface area contributed by atoms with E-state index >= 15 is 0 Å². The SMILES string of the molecule is CNc1c(C(N)=O)c(-c2ccc(CNC(=O)c3ccccc3C)cc2)nn1C1CCC1. The molecule has 31 heavy (non-hydrogen) atoms. The lowest BCUT2D eigenvalue weighted by atomic mass is 9.93. The van der Waals surface area contributed by atoms with Crippen LogP contribution in [0.25, 0.3) is 11.3 Å². The number of hydrogen-bond donors (Lipinski definition) is 3. The monoisotopic (exact) mass is 417 g/mol. The van der Waals surface area contributed by atoms with Crippen LogP contribution in [0.2, 0.25) is 0 Å². The quantitative estimate of drug-likeness (QED) is 0.546. The van der Waals surface area contributed by atoms with Gasteiger partial charge in [0, 0.05) is 24.7 Å². The first-order valence-electron chi connectivity index (χ1n) is 10.5. The van der Waals surface area contributed by atoms with E-state index in [1.807, 2.05) is 60.1 Å². The molecule has 1 aromatic heterocycles. The van der Waals surface area contributed by atoms with Crippen LogP contribution in [0.5, 0.6) is 0 Å². The number of benzene rings is 2. The third-order valence-corrected chi connectivity index (χ3v) is 5.88. The van der Waals surface area contributed by atoms with Gasteiger partial charge in [-0.15, -0.1) is 0 Å². The van der Waals surface area contributed by atoms with E-state index < -0.39 is 5.91 Å². The van der Waals surface area contributed by atoms with Gasteiger partial charge in [0.05, 0.1) is 6.04 Å². The molecule has 0 bridgehead atoms. The molecular weight excluding hydrogens is 390 g/mol. The van der Waals surface area contributed by atoms with Crippen molar-refractivity contribution in [3.8, 4) is 11.3 Å². The molecule has 1 heterocycles. The number of nitrogens with one attached hydrogen (secondary N) is 2. The first-order valence-corrected chi connectivity index (χ1v) is 10.5. The van der Waals surface area contributed by atoms with Gasteiger partial charge in [-0.2, -0.15) is 5.10 Å². The number of aromatic nitrogens is 2. The van der Waals surface area contributed by atoms with E-state index in [9.17, 15) is 9.59 Å². The van der Waals surface area contributed by atoms with Crippen molar-refractivity contribution in [2.24, 2.45) is 5.73 Å². The van der Waals surface area contributed by atoms with E-state index in [1.165, 1.54) is 0 Å². The highest BCUT2D eigenvalue weighted by atomic mass is 16.2. The smallest absolute Gasteiger partial charge is 0.254 e.